The zero-order valence-electron chi connectivity index (χ0n) is 18.9. The highest BCUT2D eigenvalue weighted by atomic mass is 32.2. The minimum absolute atomic E-state index is 0.0408. The van der Waals surface area contributed by atoms with E-state index >= 15 is 0 Å². The zero-order valence-corrected chi connectivity index (χ0v) is 19.7. The van der Waals surface area contributed by atoms with Crippen molar-refractivity contribution in [3.05, 3.63) is 65.3 Å². The predicted molar refractivity (Wildman–Crippen MR) is 119 cm³/mol. The summed E-state index contributed by atoms with van der Waals surface area (Å²) in [5.74, 6) is -0.859. The summed E-state index contributed by atoms with van der Waals surface area (Å²) in [5.41, 5.74) is 1.10. The largest absolute Gasteiger partial charge is 0.452 e. The summed E-state index contributed by atoms with van der Waals surface area (Å²) in [6.07, 6.45) is -0.411. The Morgan fingerprint density at radius 1 is 1.15 bits per heavy atom. The molecule has 9 nitrogen and oxygen atoms in total. The summed E-state index contributed by atoms with van der Waals surface area (Å²) in [6.45, 7) is 5.52. The summed E-state index contributed by atoms with van der Waals surface area (Å²) < 4.78 is 56.9. The summed E-state index contributed by atoms with van der Waals surface area (Å²) in [7, 11) is -3.71. The lowest BCUT2D eigenvalue weighted by Crippen LogP contribution is -2.48. The molecule has 2 heterocycles. The number of benzene rings is 2. The van der Waals surface area contributed by atoms with E-state index in [1.54, 1.807) is 19.1 Å². The van der Waals surface area contributed by atoms with Gasteiger partial charge in [-0.3, -0.25) is 0 Å². The van der Waals surface area contributed by atoms with E-state index in [-0.39, 0.29) is 54.1 Å². The molecule has 0 radical (unpaired) electrons. The Labute approximate surface area is 196 Å². The van der Waals surface area contributed by atoms with Crippen LogP contribution in [0.3, 0.4) is 0 Å². The lowest BCUT2D eigenvalue weighted by atomic mass is 10.1. The molecular formula is C23H24FN3O6S. The molecule has 180 valence electrons. The molecule has 0 spiro atoms. The van der Waals surface area contributed by atoms with Gasteiger partial charge in [-0.25, -0.2) is 17.6 Å². The van der Waals surface area contributed by atoms with Crippen LogP contribution in [0.2, 0.25) is 0 Å². The molecule has 0 aliphatic carbocycles. The van der Waals surface area contributed by atoms with Gasteiger partial charge in [0.2, 0.25) is 15.8 Å². The molecule has 11 heteroatoms. The van der Waals surface area contributed by atoms with Crippen LogP contribution in [-0.2, 0) is 26.1 Å². The number of rotatable bonds is 6. The van der Waals surface area contributed by atoms with E-state index < -0.39 is 21.8 Å². The number of aromatic nitrogens is 2. The van der Waals surface area contributed by atoms with E-state index in [1.807, 2.05) is 13.8 Å². The molecule has 0 saturated carbocycles. The Hall–Kier alpha value is -3.15. The molecule has 1 aliphatic rings. The van der Waals surface area contributed by atoms with Crippen LogP contribution in [0.1, 0.15) is 35.7 Å². The molecule has 4 rings (SSSR count). The number of esters is 1. The Morgan fingerprint density at radius 3 is 2.47 bits per heavy atom. The molecule has 1 aliphatic heterocycles. The Balaban J connectivity index is 1.39. The minimum atomic E-state index is -3.71. The van der Waals surface area contributed by atoms with Crippen molar-refractivity contribution in [1.82, 2.24) is 14.4 Å². The van der Waals surface area contributed by atoms with Gasteiger partial charge in [-0.05, 0) is 56.7 Å². The lowest BCUT2D eigenvalue weighted by molar-refractivity contribution is -0.0440. The number of carbonyl (C=O) groups is 1. The normalized spacial score (nSPS) is 19.2. The second kappa shape index (κ2) is 9.61. The maximum absolute atomic E-state index is 13.8. The van der Waals surface area contributed by atoms with Gasteiger partial charge in [-0.15, -0.1) is 0 Å². The van der Waals surface area contributed by atoms with Gasteiger partial charge >= 0.3 is 5.97 Å². The summed E-state index contributed by atoms with van der Waals surface area (Å²) in [6, 6.07) is 10.1. The summed E-state index contributed by atoms with van der Waals surface area (Å²) in [5, 5.41) is 3.78. The molecule has 34 heavy (non-hydrogen) atoms. The average Bonchev–Trinajstić information content (AvgIpc) is 3.28. The third kappa shape index (κ3) is 5.16. The molecule has 2 aromatic carbocycles. The number of hydrogen-bond acceptors (Lipinski definition) is 8. The highest BCUT2D eigenvalue weighted by Crippen LogP contribution is 2.22. The predicted octanol–water partition coefficient (Wildman–Crippen LogP) is 3.34. The van der Waals surface area contributed by atoms with Gasteiger partial charge in [-0.2, -0.15) is 9.29 Å². The van der Waals surface area contributed by atoms with E-state index in [9.17, 15) is 17.6 Å². The van der Waals surface area contributed by atoms with Crippen LogP contribution < -0.4 is 0 Å². The van der Waals surface area contributed by atoms with Crippen LogP contribution in [0.5, 0.6) is 0 Å². The fraction of sp³-hybridized carbons (Fsp3) is 0.348. The van der Waals surface area contributed by atoms with E-state index in [2.05, 4.69) is 10.1 Å². The molecule has 0 bridgehead atoms. The number of sulfonamides is 1. The molecule has 1 fully saturated rings. The topological polar surface area (TPSA) is 112 Å². The first-order chi connectivity index (χ1) is 16.1. The van der Waals surface area contributed by atoms with Crippen molar-refractivity contribution in [2.75, 3.05) is 13.1 Å². The van der Waals surface area contributed by atoms with Gasteiger partial charge in [-0.1, -0.05) is 17.3 Å². The SMILES string of the molecule is Cc1ccc(-c2noc(COC(=O)c3ccc(S(=O)(=O)N4C[C@H](C)O[C@@H](C)C4)cc3)n2)cc1F. The molecule has 1 saturated heterocycles. The van der Waals surface area contributed by atoms with E-state index in [4.69, 9.17) is 14.0 Å². The number of hydrogen-bond donors (Lipinski definition) is 0. The van der Waals surface area contributed by atoms with Crippen LogP contribution in [0.4, 0.5) is 4.39 Å². The Bertz CT molecular complexity index is 1280. The fourth-order valence-electron chi connectivity index (χ4n) is 3.61. The minimum Gasteiger partial charge on any atom is -0.452 e. The van der Waals surface area contributed by atoms with Gasteiger partial charge in [0.05, 0.1) is 22.7 Å². The van der Waals surface area contributed by atoms with E-state index in [0.29, 0.717) is 11.1 Å². The summed E-state index contributed by atoms with van der Waals surface area (Å²) in [4.78, 5) is 16.6. The second-order valence-electron chi connectivity index (χ2n) is 8.16. The van der Waals surface area contributed by atoms with Crippen molar-refractivity contribution >= 4 is 16.0 Å². The number of carbonyl (C=O) groups excluding carboxylic acids is 1. The molecular weight excluding hydrogens is 465 g/mol. The van der Waals surface area contributed by atoms with Crippen molar-refractivity contribution in [1.29, 1.82) is 0 Å². The Kier molecular flexibility index (Phi) is 6.78. The number of ether oxygens (including phenoxy) is 2. The standard InChI is InChI=1S/C23H24FN3O6S/c1-14-4-5-18(10-20(14)24)22-25-21(33-26-22)13-31-23(28)17-6-8-19(9-7-17)34(29,30)27-11-15(2)32-16(3)12-27/h4-10,15-16H,11-13H2,1-3H3/t15-,16-/m0/s1. The summed E-state index contributed by atoms with van der Waals surface area (Å²) >= 11 is 0. The first-order valence-electron chi connectivity index (χ1n) is 10.7. The van der Waals surface area contributed by atoms with Crippen molar-refractivity contribution in [2.24, 2.45) is 0 Å². The number of morpholine rings is 1. The van der Waals surface area contributed by atoms with Crippen LogP contribution >= 0.6 is 0 Å². The quantitative estimate of drug-likeness (QED) is 0.485. The number of halogens is 1. The van der Waals surface area contributed by atoms with Crippen LogP contribution in [0.15, 0.2) is 51.9 Å². The molecule has 0 amide bonds. The fourth-order valence-corrected chi connectivity index (χ4v) is 5.20. The van der Waals surface area contributed by atoms with E-state index in [0.717, 1.165) is 0 Å². The number of aryl methyl sites for hydroxylation is 1. The maximum Gasteiger partial charge on any atom is 0.338 e. The first kappa shape index (κ1) is 24.0. The van der Waals surface area contributed by atoms with Crippen LogP contribution in [-0.4, -0.2) is 54.1 Å². The average molecular weight is 490 g/mol. The maximum atomic E-state index is 13.8. The monoisotopic (exact) mass is 489 g/mol. The smallest absolute Gasteiger partial charge is 0.338 e. The highest BCUT2D eigenvalue weighted by Gasteiger charge is 2.32. The van der Waals surface area contributed by atoms with Crippen molar-refractivity contribution in [2.45, 2.75) is 44.5 Å². The molecule has 2 atom stereocenters. The highest BCUT2D eigenvalue weighted by molar-refractivity contribution is 7.89. The van der Waals surface area contributed by atoms with Crippen LogP contribution in [0.25, 0.3) is 11.4 Å². The van der Waals surface area contributed by atoms with Gasteiger partial charge in [0.25, 0.3) is 5.89 Å². The third-order valence-electron chi connectivity index (χ3n) is 5.34. The third-order valence-corrected chi connectivity index (χ3v) is 7.18. The lowest BCUT2D eigenvalue weighted by Gasteiger charge is -2.34. The van der Waals surface area contributed by atoms with E-state index in [1.165, 1.54) is 34.6 Å². The van der Waals surface area contributed by atoms with Gasteiger partial charge in [0, 0.05) is 18.7 Å². The molecule has 0 N–H and O–H groups in total. The Morgan fingerprint density at radius 2 is 1.82 bits per heavy atom. The van der Waals surface area contributed by atoms with Crippen molar-refractivity contribution in [3.8, 4) is 11.4 Å². The van der Waals surface area contributed by atoms with Crippen molar-refractivity contribution < 1.29 is 31.6 Å². The van der Waals surface area contributed by atoms with Gasteiger partial charge < -0.3 is 14.0 Å². The van der Waals surface area contributed by atoms with Crippen LogP contribution in [0, 0.1) is 12.7 Å². The molecule has 0 unspecified atom stereocenters. The molecule has 3 aromatic rings. The first-order valence-corrected chi connectivity index (χ1v) is 12.1. The number of nitrogens with zero attached hydrogens (tertiary/aromatic N) is 3. The second-order valence-corrected chi connectivity index (χ2v) is 10.1. The van der Waals surface area contributed by atoms with Gasteiger partial charge in [0.15, 0.2) is 6.61 Å². The van der Waals surface area contributed by atoms with Crippen molar-refractivity contribution in [3.63, 3.8) is 0 Å². The zero-order chi connectivity index (χ0) is 24.5. The molecule has 1 aromatic heterocycles. The van der Waals surface area contributed by atoms with Gasteiger partial charge in [0.1, 0.15) is 5.82 Å².